The summed E-state index contributed by atoms with van der Waals surface area (Å²) in [5.74, 6) is -1.22. The molecular formula is C13H21N3O4. The summed E-state index contributed by atoms with van der Waals surface area (Å²) in [7, 11) is 1.54. The van der Waals surface area contributed by atoms with Gasteiger partial charge in [-0.25, -0.2) is 9.59 Å². The fraction of sp³-hybridized carbons (Fsp3) is 0.769. The topological polar surface area (TPSA) is 90.0 Å². The zero-order valence-electron chi connectivity index (χ0n) is 11.8. The Hall–Kier alpha value is -1.79. The second-order valence-corrected chi connectivity index (χ2v) is 5.49. The summed E-state index contributed by atoms with van der Waals surface area (Å²) in [6, 6.07) is -1.58. The van der Waals surface area contributed by atoms with E-state index in [4.69, 9.17) is 0 Å². The van der Waals surface area contributed by atoms with Crippen molar-refractivity contribution in [1.82, 2.24) is 15.1 Å². The van der Waals surface area contributed by atoms with E-state index in [0.717, 1.165) is 6.42 Å². The number of carbonyl (C=O) groups is 3. The third-order valence-electron chi connectivity index (χ3n) is 4.25. The summed E-state index contributed by atoms with van der Waals surface area (Å²) < 4.78 is 0. The van der Waals surface area contributed by atoms with Gasteiger partial charge in [-0.1, -0.05) is 6.92 Å². The zero-order valence-corrected chi connectivity index (χ0v) is 11.8. The molecule has 20 heavy (non-hydrogen) atoms. The highest BCUT2D eigenvalue weighted by Gasteiger charge is 2.44. The Labute approximate surface area is 117 Å². The van der Waals surface area contributed by atoms with Gasteiger partial charge >= 0.3 is 12.0 Å². The van der Waals surface area contributed by atoms with Crippen LogP contribution in [-0.4, -0.2) is 65.0 Å². The Morgan fingerprint density at radius 1 is 1.15 bits per heavy atom. The lowest BCUT2D eigenvalue weighted by atomic mass is 10.0. The van der Waals surface area contributed by atoms with Crippen LogP contribution in [-0.2, 0) is 9.59 Å². The molecule has 0 aliphatic carbocycles. The van der Waals surface area contributed by atoms with Crippen molar-refractivity contribution in [3.63, 3.8) is 0 Å². The molecule has 0 aromatic rings. The number of aliphatic carboxylic acids is 1. The molecule has 2 fully saturated rings. The SMILES string of the molecule is CNC(=O)C1CCCN1C(=O)N1CCC(C)C1C(=O)O. The quantitative estimate of drug-likeness (QED) is 0.752. The van der Waals surface area contributed by atoms with Crippen LogP contribution in [0.1, 0.15) is 26.2 Å². The van der Waals surface area contributed by atoms with Crippen molar-refractivity contribution >= 4 is 17.9 Å². The van der Waals surface area contributed by atoms with Gasteiger partial charge in [0, 0.05) is 20.1 Å². The largest absolute Gasteiger partial charge is 0.480 e. The average Bonchev–Trinajstić information content (AvgIpc) is 3.03. The molecular weight excluding hydrogens is 262 g/mol. The van der Waals surface area contributed by atoms with Crippen LogP contribution in [0.3, 0.4) is 0 Å². The maximum Gasteiger partial charge on any atom is 0.326 e. The molecule has 2 aliphatic heterocycles. The molecule has 0 saturated carbocycles. The number of rotatable bonds is 2. The molecule has 2 rings (SSSR count). The Morgan fingerprint density at radius 3 is 2.45 bits per heavy atom. The van der Waals surface area contributed by atoms with Gasteiger partial charge in [0.15, 0.2) is 0 Å². The van der Waals surface area contributed by atoms with Gasteiger partial charge in [0.25, 0.3) is 0 Å². The van der Waals surface area contributed by atoms with E-state index >= 15 is 0 Å². The van der Waals surface area contributed by atoms with Crippen LogP contribution in [0.15, 0.2) is 0 Å². The Bertz CT molecular complexity index is 426. The molecule has 3 unspecified atom stereocenters. The monoisotopic (exact) mass is 283 g/mol. The van der Waals surface area contributed by atoms with Gasteiger partial charge < -0.3 is 20.2 Å². The highest BCUT2D eigenvalue weighted by molar-refractivity contribution is 5.89. The lowest BCUT2D eigenvalue weighted by Gasteiger charge is -2.31. The van der Waals surface area contributed by atoms with E-state index in [1.54, 1.807) is 7.05 Å². The number of hydrogen-bond donors (Lipinski definition) is 2. The van der Waals surface area contributed by atoms with Crippen molar-refractivity contribution in [2.24, 2.45) is 5.92 Å². The van der Waals surface area contributed by atoms with Crippen molar-refractivity contribution in [2.45, 2.75) is 38.3 Å². The Kier molecular flexibility index (Phi) is 4.15. The van der Waals surface area contributed by atoms with E-state index in [1.807, 2.05) is 6.92 Å². The summed E-state index contributed by atoms with van der Waals surface area (Å²) in [5.41, 5.74) is 0. The summed E-state index contributed by atoms with van der Waals surface area (Å²) >= 11 is 0. The summed E-state index contributed by atoms with van der Waals surface area (Å²) in [4.78, 5) is 38.6. The van der Waals surface area contributed by atoms with E-state index in [-0.39, 0.29) is 17.9 Å². The number of amides is 3. The van der Waals surface area contributed by atoms with E-state index in [9.17, 15) is 19.5 Å². The predicted molar refractivity (Wildman–Crippen MR) is 71.1 cm³/mol. The van der Waals surface area contributed by atoms with Crippen LogP contribution in [0.2, 0.25) is 0 Å². The molecule has 3 atom stereocenters. The number of nitrogens with one attached hydrogen (secondary N) is 1. The standard InChI is InChI=1S/C13H21N3O4/c1-8-5-7-16(10(8)12(18)19)13(20)15-6-3-4-9(15)11(17)14-2/h8-10H,3-7H2,1-2H3,(H,14,17)(H,18,19). The molecule has 2 saturated heterocycles. The molecule has 7 heteroatoms. The van der Waals surface area contributed by atoms with Crippen molar-refractivity contribution in [1.29, 1.82) is 0 Å². The first-order valence-electron chi connectivity index (χ1n) is 6.99. The summed E-state index contributed by atoms with van der Waals surface area (Å²) in [5, 5.41) is 11.8. The minimum atomic E-state index is -0.973. The van der Waals surface area contributed by atoms with Crippen molar-refractivity contribution in [3.8, 4) is 0 Å². The molecule has 112 valence electrons. The minimum Gasteiger partial charge on any atom is -0.480 e. The second-order valence-electron chi connectivity index (χ2n) is 5.49. The number of likely N-dealkylation sites (tertiary alicyclic amines) is 2. The highest BCUT2D eigenvalue weighted by Crippen LogP contribution is 2.28. The lowest BCUT2D eigenvalue weighted by Crippen LogP contribution is -2.53. The van der Waals surface area contributed by atoms with Crippen molar-refractivity contribution in [3.05, 3.63) is 0 Å². The first-order valence-corrected chi connectivity index (χ1v) is 6.99. The van der Waals surface area contributed by atoms with Crippen LogP contribution < -0.4 is 5.32 Å². The molecule has 3 amide bonds. The molecule has 0 aromatic carbocycles. The molecule has 0 radical (unpaired) electrons. The predicted octanol–water partition coefficient (Wildman–Crippen LogP) is 0.112. The molecule has 0 bridgehead atoms. The average molecular weight is 283 g/mol. The van der Waals surface area contributed by atoms with Crippen LogP contribution in [0.4, 0.5) is 4.79 Å². The highest BCUT2D eigenvalue weighted by atomic mass is 16.4. The number of hydrogen-bond acceptors (Lipinski definition) is 3. The molecule has 2 heterocycles. The molecule has 0 aromatic heterocycles. The van der Waals surface area contributed by atoms with Gasteiger partial charge in [-0.2, -0.15) is 0 Å². The number of likely N-dealkylation sites (N-methyl/N-ethyl adjacent to an activating group) is 1. The summed E-state index contributed by atoms with van der Waals surface area (Å²) in [6.07, 6.45) is 2.08. The minimum absolute atomic E-state index is 0.0579. The number of nitrogens with zero attached hydrogens (tertiary/aromatic N) is 2. The first-order chi connectivity index (χ1) is 9.47. The fourth-order valence-corrected chi connectivity index (χ4v) is 3.14. The smallest absolute Gasteiger partial charge is 0.326 e. The van der Waals surface area contributed by atoms with Crippen LogP contribution in [0.5, 0.6) is 0 Å². The fourth-order valence-electron chi connectivity index (χ4n) is 3.14. The normalized spacial score (nSPS) is 29.6. The van der Waals surface area contributed by atoms with Gasteiger partial charge in [-0.05, 0) is 25.2 Å². The van der Waals surface area contributed by atoms with E-state index in [0.29, 0.717) is 25.9 Å². The van der Waals surface area contributed by atoms with Gasteiger partial charge in [0.05, 0.1) is 0 Å². The third kappa shape index (κ3) is 2.44. The van der Waals surface area contributed by atoms with Crippen LogP contribution in [0.25, 0.3) is 0 Å². The van der Waals surface area contributed by atoms with Crippen molar-refractivity contribution < 1.29 is 19.5 Å². The molecule has 0 spiro atoms. The number of carboxylic acids is 1. The summed E-state index contributed by atoms with van der Waals surface area (Å²) in [6.45, 7) is 2.79. The van der Waals surface area contributed by atoms with E-state index in [1.165, 1.54) is 9.80 Å². The zero-order chi connectivity index (χ0) is 14.9. The Balaban J connectivity index is 2.14. The van der Waals surface area contributed by atoms with Gasteiger partial charge in [0.1, 0.15) is 12.1 Å². The molecule has 7 nitrogen and oxygen atoms in total. The van der Waals surface area contributed by atoms with Gasteiger partial charge in [-0.3, -0.25) is 4.79 Å². The van der Waals surface area contributed by atoms with Crippen LogP contribution >= 0.6 is 0 Å². The first kappa shape index (κ1) is 14.6. The van der Waals surface area contributed by atoms with E-state index < -0.39 is 18.1 Å². The number of carboxylic acid groups (broad SMARTS) is 1. The van der Waals surface area contributed by atoms with E-state index in [2.05, 4.69) is 5.32 Å². The lowest BCUT2D eigenvalue weighted by molar-refractivity contribution is -0.142. The molecule has 2 aliphatic rings. The third-order valence-corrected chi connectivity index (χ3v) is 4.25. The van der Waals surface area contributed by atoms with Gasteiger partial charge in [0.2, 0.25) is 5.91 Å². The molecule has 2 N–H and O–H groups in total. The Morgan fingerprint density at radius 2 is 1.85 bits per heavy atom. The van der Waals surface area contributed by atoms with Gasteiger partial charge in [-0.15, -0.1) is 0 Å². The second kappa shape index (κ2) is 5.68. The van der Waals surface area contributed by atoms with Crippen molar-refractivity contribution in [2.75, 3.05) is 20.1 Å². The number of urea groups is 1. The maximum absolute atomic E-state index is 12.5. The van der Waals surface area contributed by atoms with Crippen LogP contribution in [0, 0.1) is 5.92 Å². The number of carbonyl (C=O) groups excluding carboxylic acids is 2. The maximum atomic E-state index is 12.5.